The van der Waals surface area contributed by atoms with Crippen molar-refractivity contribution in [1.82, 2.24) is 4.98 Å². The molecule has 0 aliphatic carbocycles. The number of benzene rings is 2. The number of para-hydroxylation sites is 1. The van der Waals surface area contributed by atoms with Gasteiger partial charge in [0.2, 0.25) is 5.91 Å². The fourth-order valence-corrected chi connectivity index (χ4v) is 3.87. The lowest BCUT2D eigenvalue weighted by molar-refractivity contribution is -0.113. The molecule has 8 heteroatoms. The molecule has 0 saturated heterocycles. The van der Waals surface area contributed by atoms with Gasteiger partial charge in [0.15, 0.2) is 16.6 Å². The smallest absolute Gasteiger partial charge is 0.236 e. The van der Waals surface area contributed by atoms with Gasteiger partial charge in [0, 0.05) is 21.5 Å². The molecule has 3 rings (SSSR count). The minimum atomic E-state index is -0.128. The van der Waals surface area contributed by atoms with Gasteiger partial charge in [-0.2, -0.15) is 0 Å². The summed E-state index contributed by atoms with van der Waals surface area (Å²) < 4.78 is 10.6. The number of carbonyl (C=O) groups excluding carboxylic acids is 1. The van der Waals surface area contributed by atoms with Gasteiger partial charge in [0.05, 0.1) is 25.7 Å². The number of nitrogens with two attached hydrogens (primary N) is 1. The lowest BCUT2D eigenvalue weighted by Crippen LogP contribution is -2.13. The van der Waals surface area contributed by atoms with Crippen molar-refractivity contribution in [3.05, 3.63) is 47.8 Å². The standard InChI is InChI=1S/C19H19N3O3S2/c1-24-15-8-7-12(9-16(15)25-2)14-10-27-19(21-14)22-18(23)11-26-17-6-4-3-5-13(17)20/h3-10H,11,20H2,1-2H3,(H,21,22,23). The number of aromatic nitrogens is 1. The van der Waals surface area contributed by atoms with Crippen molar-refractivity contribution in [2.24, 2.45) is 0 Å². The average molecular weight is 402 g/mol. The Balaban J connectivity index is 1.64. The van der Waals surface area contributed by atoms with Crippen molar-refractivity contribution in [2.45, 2.75) is 4.90 Å². The highest BCUT2D eigenvalue weighted by molar-refractivity contribution is 8.00. The molecule has 6 nitrogen and oxygen atoms in total. The van der Waals surface area contributed by atoms with Gasteiger partial charge >= 0.3 is 0 Å². The first-order valence-electron chi connectivity index (χ1n) is 8.05. The van der Waals surface area contributed by atoms with Crippen molar-refractivity contribution in [3.63, 3.8) is 0 Å². The van der Waals surface area contributed by atoms with Crippen molar-refractivity contribution >= 4 is 39.8 Å². The number of thioether (sulfide) groups is 1. The first kappa shape index (κ1) is 19.1. The maximum Gasteiger partial charge on any atom is 0.236 e. The van der Waals surface area contributed by atoms with Crippen LogP contribution in [0.25, 0.3) is 11.3 Å². The fraction of sp³-hybridized carbons (Fsp3) is 0.158. The van der Waals surface area contributed by atoms with Crippen LogP contribution >= 0.6 is 23.1 Å². The number of hydrogen-bond donors (Lipinski definition) is 2. The molecule has 0 radical (unpaired) electrons. The Kier molecular flexibility index (Phi) is 6.20. The van der Waals surface area contributed by atoms with E-state index in [0.29, 0.717) is 22.3 Å². The summed E-state index contributed by atoms with van der Waals surface area (Å²) in [6, 6.07) is 13.1. The highest BCUT2D eigenvalue weighted by atomic mass is 32.2. The quantitative estimate of drug-likeness (QED) is 0.457. The Labute approximate surface area is 165 Å². The van der Waals surface area contributed by atoms with E-state index in [1.54, 1.807) is 14.2 Å². The highest BCUT2D eigenvalue weighted by Gasteiger charge is 2.11. The molecule has 0 bridgehead atoms. The SMILES string of the molecule is COc1ccc(-c2csc(NC(=O)CSc3ccccc3N)n2)cc1OC. The summed E-state index contributed by atoms with van der Waals surface area (Å²) in [7, 11) is 3.18. The number of carbonyl (C=O) groups is 1. The van der Waals surface area contributed by atoms with Crippen molar-refractivity contribution in [3.8, 4) is 22.8 Å². The van der Waals surface area contributed by atoms with Crippen LogP contribution in [0, 0.1) is 0 Å². The Morgan fingerprint density at radius 1 is 1.19 bits per heavy atom. The van der Waals surface area contributed by atoms with Gasteiger partial charge < -0.3 is 20.5 Å². The van der Waals surface area contributed by atoms with E-state index >= 15 is 0 Å². The average Bonchev–Trinajstić information content (AvgIpc) is 3.15. The lowest BCUT2D eigenvalue weighted by Gasteiger charge is -2.08. The fourth-order valence-electron chi connectivity index (χ4n) is 2.37. The highest BCUT2D eigenvalue weighted by Crippen LogP contribution is 2.33. The summed E-state index contributed by atoms with van der Waals surface area (Å²) in [4.78, 5) is 17.6. The van der Waals surface area contributed by atoms with Gasteiger partial charge in [-0.1, -0.05) is 12.1 Å². The molecule has 1 aromatic heterocycles. The Morgan fingerprint density at radius 3 is 2.70 bits per heavy atom. The van der Waals surface area contributed by atoms with Gasteiger partial charge in [0.1, 0.15) is 0 Å². The van der Waals surface area contributed by atoms with E-state index in [1.807, 2.05) is 47.8 Å². The minimum Gasteiger partial charge on any atom is -0.493 e. The Bertz CT molecular complexity index is 943. The van der Waals surface area contributed by atoms with E-state index < -0.39 is 0 Å². The number of anilines is 2. The normalized spacial score (nSPS) is 10.4. The van der Waals surface area contributed by atoms with Crippen LogP contribution in [0.5, 0.6) is 11.5 Å². The summed E-state index contributed by atoms with van der Waals surface area (Å²) in [6.45, 7) is 0. The summed E-state index contributed by atoms with van der Waals surface area (Å²) in [5, 5.41) is 5.26. The zero-order chi connectivity index (χ0) is 19.2. The molecule has 3 aromatic rings. The van der Waals surface area contributed by atoms with Crippen molar-refractivity contribution < 1.29 is 14.3 Å². The number of ether oxygens (including phenoxy) is 2. The van der Waals surface area contributed by atoms with Crippen LogP contribution in [-0.4, -0.2) is 30.9 Å². The second kappa shape index (κ2) is 8.79. The number of nitrogens with zero attached hydrogens (tertiary/aromatic N) is 1. The van der Waals surface area contributed by atoms with Crippen LogP contribution in [-0.2, 0) is 4.79 Å². The second-order valence-corrected chi connectivity index (χ2v) is 7.36. The number of methoxy groups -OCH3 is 2. The molecule has 0 aliphatic rings. The molecule has 0 atom stereocenters. The molecule has 1 amide bonds. The summed E-state index contributed by atoms with van der Waals surface area (Å²) >= 11 is 2.77. The van der Waals surface area contributed by atoms with E-state index in [1.165, 1.54) is 23.1 Å². The number of amides is 1. The van der Waals surface area contributed by atoms with E-state index in [2.05, 4.69) is 10.3 Å². The van der Waals surface area contributed by atoms with Crippen LogP contribution in [0.2, 0.25) is 0 Å². The number of nitrogen functional groups attached to an aromatic ring is 1. The predicted octanol–water partition coefficient (Wildman–Crippen LogP) is 4.14. The van der Waals surface area contributed by atoms with Gasteiger partial charge in [0.25, 0.3) is 0 Å². The van der Waals surface area contributed by atoms with E-state index in [9.17, 15) is 4.79 Å². The molecule has 0 aliphatic heterocycles. The third-order valence-corrected chi connectivity index (χ3v) is 5.55. The number of nitrogens with one attached hydrogen (secondary N) is 1. The van der Waals surface area contributed by atoms with E-state index in [4.69, 9.17) is 15.2 Å². The summed E-state index contributed by atoms with van der Waals surface area (Å²) in [5.74, 6) is 1.42. The number of hydrogen-bond acceptors (Lipinski definition) is 7. The monoisotopic (exact) mass is 401 g/mol. The van der Waals surface area contributed by atoms with Gasteiger partial charge in [-0.25, -0.2) is 4.98 Å². The van der Waals surface area contributed by atoms with Gasteiger partial charge in [-0.15, -0.1) is 23.1 Å². The van der Waals surface area contributed by atoms with Crippen LogP contribution in [0.4, 0.5) is 10.8 Å². The molecule has 1 heterocycles. The largest absolute Gasteiger partial charge is 0.493 e. The van der Waals surface area contributed by atoms with Crippen LogP contribution in [0.15, 0.2) is 52.7 Å². The zero-order valence-corrected chi connectivity index (χ0v) is 16.5. The van der Waals surface area contributed by atoms with E-state index in [-0.39, 0.29) is 11.7 Å². The third-order valence-electron chi connectivity index (χ3n) is 3.71. The Morgan fingerprint density at radius 2 is 1.96 bits per heavy atom. The molecule has 0 saturated carbocycles. The summed E-state index contributed by atoms with van der Waals surface area (Å²) in [6.07, 6.45) is 0. The first-order valence-corrected chi connectivity index (χ1v) is 9.92. The van der Waals surface area contributed by atoms with Gasteiger partial charge in [-0.3, -0.25) is 4.79 Å². The molecule has 140 valence electrons. The number of thiazole rings is 1. The van der Waals surface area contributed by atoms with Crippen molar-refractivity contribution in [1.29, 1.82) is 0 Å². The summed E-state index contributed by atoms with van der Waals surface area (Å²) in [5.41, 5.74) is 8.20. The van der Waals surface area contributed by atoms with Crippen LogP contribution in [0.3, 0.4) is 0 Å². The van der Waals surface area contributed by atoms with Crippen LogP contribution < -0.4 is 20.5 Å². The maximum atomic E-state index is 12.2. The molecule has 0 fully saturated rings. The predicted molar refractivity (Wildman–Crippen MR) is 111 cm³/mol. The molecule has 2 aromatic carbocycles. The van der Waals surface area contributed by atoms with Crippen LogP contribution in [0.1, 0.15) is 0 Å². The first-order chi connectivity index (χ1) is 13.1. The molecular formula is C19H19N3O3S2. The minimum absolute atomic E-state index is 0.128. The maximum absolute atomic E-state index is 12.2. The van der Waals surface area contributed by atoms with Gasteiger partial charge in [-0.05, 0) is 30.3 Å². The Hall–Kier alpha value is -2.71. The van der Waals surface area contributed by atoms with Crippen molar-refractivity contribution in [2.75, 3.05) is 31.0 Å². The zero-order valence-electron chi connectivity index (χ0n) is 14.9. The molecule has 0 unspecified atom stereocenters. The number of rotatable bonds is 7. The molecule has 3 N–H and O–H groups in total. The van der Waals surface area contributed by atoms with E-state index in [0.717, 1.165) is 16.2 Å². The molecule has 27 heavy (non-hydrogen) atoms. The molecule has 0 spiro atoms. The topological polar surface area (TPSA) is 86.5 Å². The second-order valence-electron chi connectivity index (χ2n) is 5.48. The molecular weight excluding hydrogens is 382 g/mol. The lowest BCUT2D eigenvalue weighted by atomic mass is 10.1. The third kappa shape index (κ3) is 4.72.